The fourth-order valence-electron chi connectivity index (χ4n) is 2.73. The van der Waals surface area contributed by atoms with Crippen molar-refractivity contribution < 1.29 is 17.9 Å². The highest BCUT2D eigenvalue weighted by molar-refractivity contribution is 7.98. The van der Waals surface area contributed by atoms with E-state index in [-0.39, 0.29) is 5.60 Å². The molecule has 0 saturated heterocycles. The molecule has 40 heavy (non-hydrogen) atoms. The first-order valence-electron chi connectivity index (χ1n) is 13.5. The summed E-state index contributed by atoms with van der Waals surface area (Å²) >= 11 is 2.81. The van der Waals surface area contributed by atoms with Gasteiger partial charge in [-0.2, -0.15) is 13.2 Å². The van der Waals surface area contributed by atoms with Crippen molar-refractivity contribution in [1.82, 2.24) is 15.0 Å². The van der Waals surface area contributed by atoms with Gasteiger partial charge in [0.05, 0.1) is 32.4 Å². The molecule has 0 fully saturated rings. The number of thioether (sulfide) groups is 1. The van der Waals surface area contributed by atoms with Crippen molar-refractivity contribution in [3.63, 3.8) is 0 Å². The first-order chi connectivity index (χ1) is 18.8. The van der Waals surface area contributed by atoms with E-state index >= 15 is 0 Å². The van der Waals surface area contributed by atoms with Gasteiger partial charge in [-0.1, -0.05) is 70.0 Å². The van der Waals surface area contributed by atoms with E-state index in [1.165, 1.54) is 54.8 Å². The van der Waals surface area contributed by atoms with E-state index in [2.05, 4.69) is 63.1 Å². The second-order valence-electron chi connectivity index (χ2n) is 9.64. The van der Waals surface area contributed by atoms with Crippen LogP contribution in [0.3, 0.4) is 0 Å². The summed E-state index contributed by atoms with van der Waals surface area (Å²) in [6.07, 6.45) is 5.90. The maximum atomic E-state index is 13.0. The molecule has 0 spiro atoms. The molecule has 1 aromatic carbocycles. The van der Waals surface area contributed by atoms with E-state index in [1.807, 2.05) is 20.1 Å². The summed E-state index contributed by atoms with van der Waals surface area (Å²) in [6.45, 7) is 20.8. The molecule has 0 N–H and O–H groups in total. The van der Waals surface area contributed by atoms with Crippen LogP contribution < -0.4 is 0 Å². The number of alkyl halides is 3. The number of thiazole rings is 1. The molecule has 0 unspecified atom stereocenters. The number of aryl methyl sites for hydroxylation is 1. The van der Waals surface area contributed by atoms with E-state index in [0.717, 1.165) is 28.6 Å². The van der Waals surface area contributed by atoms with Gasteiger partial charge in [-0.3, -0.25) is 0 Å². The van der Waals surface area contributed by atoms with Crippen LogP contribution in [0.4, 0.5) is 13.2 Å². The number of hydrogen-bond donors (Lipinski definition) is 0. The molecular weight excluding hydrogens is 551 g/mol. The lowest BCUT2D eigenvalue weighted by Crippen LogP contribution is -2.19. The quantitative estimate of drug-likeness (QED) is 0.117. The van der Waals surface area contributed by atoms with Crippen LogP contribution >= 0.6 is 23.1 Å². The molecule has 0 saturated carbocycles. The zero-order chi connectivity index (χ0) is 30.8. The third-order valence-corrected chi connectivity index (χ3v) is 6.33. The Morgan fingerprint density at radius 3 is 2.15 bits per heavy atom. The number of hydrogen-bond acceptors (Lipinski definition) is 6. The molecule has 3 rings (SSSR count). The Morgan fingerprint density at radius 1 is 1.02 bits per heavy atom. The first kappa shape index (κ1) is 37.8. The minimum Gasteiger partial charge on any atom is -0.376 e. The Bertz CT molecular complexity index is 1110. The molecule has 0 atom stereocenters. The Hall–Kier alpha value is -2.23. The first-order valence-corrected chi connectivity index (χ1v) is 15.5. The van der Waals surface area contributed by atoms with Crippen molar-refractivity contribution in [2.75, 3.05) is 12.9 Å². The summed E-state index contributed by atoms with van der Waals surface area (Å²) in [7, 11) is 0. The van der Waals surface area contributed by atoms with E-state index in [0.29, 0.717) is 22.1 Å². The fraction of sp³-hybridized carbons (Fsp3) is 0.516. The largest absolute Gasteiger partial charge is 0.416 e. The van der Waals surface area contributed by atoms with E-state index < -0.39 is 11.7 Å². The highest BCUT2D eigenvalue weighted by Gasteiger charge is 2.31. The van der Waals surface area contributed by atoms with Crippen molar-refractivity contribution in [1.29, 1.82) is 0 Å². The number of rotatable bonds is 7. The molecule has 0 amide bonds. The van der Waals surface area contributed by atoms with Gasteiger partial charge in [-0.25, -0.2) is 15.0 Å². The number of allylic oxidation sites excluding steroid dienone is 1. The van der Waals surface area contributed by atoms with Gasteiger partial charge in [-0.05, 0) is 65.5 Å². The predicted molar refractivity (Wildman–Crippen MR) is 167 cm³/mol. The summed E-state index contributed by atoms with van der Waals surface area (Å²) in [5.41, 5.74) is 0.953. The second kappa shape index (κ2) is 19.8. The normalized spacial score (nSPS) is 10.8. The minimum absolute atomic E-state index is 0.0508. The van der Waals surface area contributed by atoms with Gasteiger partial charge in [-0.15, -0.1) is 17.9 Å². The number of aromatic nitrogens is 3. The molecule has 2 aromatic heterocycles. The summed E-state index contributed by atoms with van der Waals surface area (Å²) in [6, 6.07) is 6.94. The highest BCUT2D eigenvalue weighted by atomic mass is 32.2. The number of halogens is 3. The van der Waals surface area contributed by atoms with Gasteiger partial charge >= 0.3 is 6.18 Å². The Labute approximate surface area is 247 Å². The molecule has 0 aliphatic rings. The Morgan fingerprint density at radius 2 is 1.65 bits per heavy atom. The third kappa shape index (κ3) is 15.5. The molecule has 4 nitrogen and oxygen atoms in total. The molecule has 0 bridgehead atoms. The lowest BCUT2D eigenvalue weighted by Gasteiger charge is -2.18. The molecule has 0 radical (unpaired) electrons. The average molecular weight is 598 g/mol. The third-order valence-electron chi connectivity index (χ3n) is 4.78. The zero-order valence-electron chi connectivity index (χ0n) is 25.5. The lowest BCUT2D eigenvalue weighted by molar-refractivity contribution is -0.137. The van der Waals surface area contributed by atoms with Crippen LogP contribution in [0.2, 0.25) is 0 Å². The smallest absolute Gasteiger partial charge is 0.376 e. The number of benzene rings is 1. The van der Waals surface area contributed by atoms with E-state index in [1.54, 1.807) is 24.4 Å². The topological polar surface area (TPSA) is 47.9 Å². The van der Waals surface area contributed by atoms with Gasteiger partial charge < -0.3 is 4.74 Å². The second-order valence-corrected chi connectivity index (χ2v) is 11.6. The summed E-state index contributed by atoms with van der Waals surface area (Å²) in [5.74, 6) is 0. The summed E-state index contributed by atoms with van der Waals surface area (Å²) in [5, 5.41) is 1.37. The van der Waals surface area contributed by atoms with Gasteiger partial charge in [0.25, 0.3) is 0 Å². The standard InChI is InChI=1S/C16H12F3N3S2.C8H18O.C4H10.C3H6/c1-9-21-13(10-4-3-5-11(8-10)16(17,18)19)14(24-9)12-6-7-20-15(22-12)23-2;1-5-6-7-9-8(2,3)4;1-3-4-2;1-3-2/h3-8H,1-2H3;5-7H2,1-4H3;3-4H2,1-2H3;3H,1H2,2H3. The lowest BCUT2D eigenvalue weighted by atomic mass is 10.1. The van der Waals surface area contributed by atoms with Crippen molar-refractivity contribution in [3.8, 4) is 21.8 Å². The van der Waals surface area contributed by atoms with Crippen molar-refractivity contribution >= 4 is 23.1 Å². The summed E-state index contributed by atoms with van der Waals surface area (Å²) in [4.78, 5) is 13.7. The monoisotopic (exact) mass is 597 g/mol. The van der Waals surface area contributed by atoms with Crippen LogP contribution in [0.25, 0.3) is 21.8 Å². The van der Waals surface area contributed by atoms with Crippen molar-refractivity contribution in [2.45, 2.75) is 98.0 Å². The maximum Gasteiger partial charge on any atom is 0.416 e. The molecule has 0 aliphatic heterocycles. The summed E-state index contributed by atoms with van der Waals surface area (Å²) < 4.78 is 44.4. The van der Waals surface area contributed by atoms with Crippen molar-refractivity contribution in [3.05, 3.63) is 59.8 Å². The van der Waals surface area contributed by atoms with Gasteiger partial charge in [0, 0.05) is 18.4 Å². The fourth-order valence-corrected chi connectivity index (χ4v) is 3.99. The molecular formula is C31H46F3N3OS2. The van der Waals surface area contributed by atoms with Crippen LogP contribution in [0.1, 0.15) is 84.7 Å². The van der Waals surface area contributed by atoms with Gasteiger partial charge in [0.15, 0.2) is 5.16 Å². The Kier molecular flexibility index (Phi) is 18.7. The predicted octanol–water partition coefficient (Wildman–Crippen LogP) is 10.9. The zero-order valence-corrected chi connectivity index (χ0v) is 27.1. The number of unbranched alkanes of at least 4 members (excludes halogenated alkanes) is 2. The minimum atomic E-state index is -4.39. The molecule has 3 aromatic rings. The van der Waals surface area contributed by atoms with E-state index in [4.69, 9.17) is 4.74 Å². The van der Waals surface area contributed by atoms with Crippen LogP contribution in [0.5, 0.6) is 0 Å². The van der Waals surface area contributed by atoms with Crippen LogP contribution in [-0.4, -0.2) is 33.4 Å². The number of nitrogens with zero attached hydrogens (tertiary/aromatic N) is 3. The van der Waals surface area contributed by atoms with E-state index in [9.17, 15) is 13.2 Å². The molecule has 0 aliphatic carbocycles. The van der Waals surface area contributed by atoms with Gasteiger partial charge in [0.1, 0.15) is 0 Å². The van der Waals surface area contributed by atoms with Crippen LogP contribution in [0.15, 0.2) is 54.3 Å². The maximum absolute atomic E-state index is 13.0. The number of ether oxygens (including phenoxy) is 1. The van der Waals surface area contributed by atoms with Crippen LogP contribution in [-0.2, 0) is 10.9 Å². The molecule has 2 heterocycles. The molecule has 224 valence electrons. The van der Waals surface area contributed by atoms with Crippen LogP contribution in [0, 0.1) is 6.92 Å². The average Bonchev–Trinajstić information content (AvgIpc) is 3.30. The SMILES string of the molecule is C=CC.CCCC.CCCCOC(C)(C)C.CSc1nccc(-c2sc(C)nc2-c2cccc(C(F)(F)F)c2)n1. The Balaban J connectivity index is 0.000000788. The molecule has 9 heteroatoms. The van der Waals surface area contributed by atoms with Gasteiger partial charge in [0.2, 0.25) is 0 Å². The van der Waals surface area contributed by atoms with Crippen molar-refractivity contribution in [2.24, 2.45) is 0 Å². The highest BCUT2D eigenvalue weighted by Crippen LogP contribution is 2.38.